The molecule has 0 aliphatic rings. The molecule has 0 fully saturated rings. The lowest BCUT2D eigenvalue weighted by atomic mass is 10.1. The van der Waals surface area contributed by atoms with Gasteiger partial charge in [-0.3, -0.25) is 4.79 Å². The number of carbonyl (C=O) groups excluding carboxylic acids is 1. The summed E-state index contributed by atoms with van der Waals surface area (Å²) in [5.74, 6) is -5.30. The molecule has 2 N–H and O–H groups in total. The minimum Gasteiger partial charge on any atom is -0.478 e. The summed E-state index contributed by atoms with van der Waals surface area (Å²) in [7, 11) is 0. The van der Waals surface area contributed by atoms with E-state index in [1.165, 1.54) is 6.92 Å². The van der Waals surface area contributed by atoms with Gasteiger partial charge in [0, 0.05) is 13.0 Å². The van der Waals surface area contributed by atoms with E-state index in [0.717, 1.165) is 0 Å². The van der Waals surface area contributed by atoms with Crippen LogP contribution in [0.15, 0.2) is 16.7 Å². The topological polar surface area (TPSA) is 105 Å². The Bertz CT molecular complexity index is 699. The number of halogens is 2. The van der Waals surface area contributed by atoms with Crippen LogP contribution >= 0.6 is 0 Å². The number of carboxylic acid groups (broad SMARTS) is 1. The normalized spacial score (nSPS) is 10.3. The zero-order valence-electron chi connectivity index (χ0n) is 9.98. The Morgan fingerprint density at radius 3 is 2.50 bits per heavy atom. The van der Waals surface area contributed by atoms with Gasteiger partial charge in [-0.25, -0.2) is 13.6 Å². The van der Waals surface area contributed by atoms with Crippen molar-refractivity contribution in [1.29, 1.82) is 0 Å². The number of aryl methyl sites for hydroxylation is 1. The molecular weight excluding hydrogens is 276 g/mol. The molecule has 1 aromatic carbocycles. The maximum absolute atomic E-state index is 13.1. The molecule has 104 valence electrons. The number of carboxylic acids is 1. The van der Waals surface area contributed by atoms with Crippen molar-refractivity contribution in [3.05, 3.63) is 41.0 Å². The van der Waals surface area contributed by atoms with E-state index in [4.69, 9.17) is 5.11 Å². The van der Waals surface area contributed by atoms with Gasteiger partial charge < -0.3 is 14.9 Å². The van der Waals surface area contributed by atoms with Crippen LogP contribution in [0.3, 0.4) is 0 Å². The van der Waals surface area contributed by atoms with Crippen molar-refractivity contribution in [3.8, 4) is 0 Å². The molecule has 2 rings (SSSR count). The molecule has 0 radical (unpaired) electrons. The maximum Gasteiger partial charge on any atom is 0.337 e. The van der Waals surface area contributed by atoms with Crippen molar-refractivity contribution in [2.45, 2.75) is 6.92 Å². The fourth-order valence-corrected chi connectivity index (χ4v) is 1.40. The molecule has 0 saturated heterocycles. The first kappa shape index (κ1) is 13.6. The molecule has 2 aromatic rings. The molecule has 9 heteroatoms. The van der Waals surface area contributed by atoms with Crippen molar-refractivity contribution < 1.29 is 28.0 Å². The second kappa shape index (κ2) is 5.03. The summed E-state index contributed by atoms with van der Waals surface area (Å²) in [5.41, 5.74) is -1.01. The number of hydrogen-bond donors (Lipinski definition) is 2. The summed E-state index contributed by atoms with van der Waals surface area (Å²) in [6, 6.07) is 1.03. The number of amides is 1. The molecule has 0 atom stereocenters. The quantitative estimate of drug-likeness (QED) is 0.886. The second-order valence-electron chi connectivity index (χ2n) is 3.71. The van der Waals surface area contributed by atoms with Gasteiger partial charge in [-0.1, -0.05) is 5.16 Å². The second-order valence-corrected chi connectivity index (χ2v) is 3.71. The van der Waals surface area contributed by atoms with Crippen LogP contribution in [0.2, 0.25) is 0 Å². The van der Waals surface area contributed by atoms with Gasteiger partial charge in [0.05, 0.1) is 11.3 Å². The Morgan fingerprint density at radius 1 is 1.30 bits per heavy atom. The molecule has 0 unspecified atom stereocenters. The van der Waals surface area contributed by atoms with Crippen LogP contribution in [-0.2, 0) is 0 Å². The van der Waals surface area contributed by atoms with E-state index in [2.05, 4.69) is 20.0 Å². The average molecular weight is 283 g/mol. The largest absolute Gasteiger partial charge is 0.478 e. The molecule has 0 aliphatic carbocycles. The van der Waals surface area contributed by atoms with E-state index >= 15 is 0 Å². The lowest BCUT2D eigenvalue weighted by molar-refractivity contribution is 0.0697. The zero-order chi connectivity index (χ0) is 14.9. The Hall–Kier alpha value is -2.84. The van der Waals surface area contributed by atoms with Crippen LogP contribution in [0.25, 0.3) is 0 Å². The van der Waals surface area contributed by atoms with Gasteiger partial charge >= 0.3 is 5.97 Å². The van der Waals surface area contributed by atoms with Crippen molar-refractivity contribution in [2.75, 3.05) is 5.32 Å². The van der Waals surface area contributed by atoms with E-state index in [-0.39, 0.29) is 11.7 Å². The van der Waals surface area contributed by atoms with Crippen LogP contribution in [-0.4, -0.2) is 27.1 Å². The van der Waals surface area contributed by atoms with Crippen LogP contribution in [0.1, 0.15) is 26.9 Å². The highest BCUT2D eigenvalue weighted by Gasteiger charge is 2.20. The van der Waals surface area contributed by atoms with Crippen molar-refractivity contribution >= 4 is 17.6 Å². The maximum atomic E-state index is 13.1. The van der Waals surface area contributed by atoms with Gasteiger partial charge in [0.15, 0.2) is 11.6 Å². The molecule has 0 aliphatic heterocycles. The molecule has 20 heavy (non-hydrogen) atoms. The first-order valence-corrected chi connectivity index (χ1v) is 5.22. The van der Waals surface area contributed by atoms with E-state index in [9.17, 15) is 18.4 Å². The zero-order valence-corrected chi connectivity index (χ0v) is 9.98. The molecule has 0 spiro atoms. The van der Waals surface area contributed by atoms with Crippen molar-refractivity contribution in [1.82, 2.24) is 10.1 Å². The highest BCUT2D eigenvalue weighted by atomic mass is 19.2. The molecular formula is C11H7F2N3O4. The van der Waals surface area contributed by atoms with Gasteiger partial charge in [0.25, 0.3) is 11.7 Å². The number of nitrogens with zero attached hydrogens (tertiary/aromatic N) is 2. The van der Waals surface area contributed by atoms with Crippen LogP contribution in [0.5, 0.6) is 0 Å². The standard InChI is InChI=1S/C11H7F2N3O4/c1-4-14-9(16-20-4)10(17)15-8-3-7(13)6(12)2-5(8)11(18)19/h2-3H,1H3,(H,15,17)(H,18,19). The summed E-state index contributed by atoms with van der Waals surface area (Å²) in [6.07, 6.45) is 0. The predicted molar refractivity (Wildman–Crippen MR) is 60.3 cm³/mol. The summed E-state index contributed by atoms with van der Waals surface area (Å²) in [5, 5.41) is 14.3. The number of rotatable bonds is 3. The molecule has 7 nitrogen and oxygen atoms in total. The fraction of sp³-hybridized carbons (Fsp3) is 0.0909. The van der Waals surface area contributed by atoms with Gasteiger partial charge in [-0.15, -0.1) is 0 Å². The highest BCUT2D eigenvalue weighted by molar-refractivity contribution is 6.05. The number of nitrogens with one attached hydrogen (secondary N) is 1. The van der Waals surface area contributed by atoms with Gasteiger partial charge in [0.1, 0.15) is 0 Å². The number of carbonyl (C=O) groups is 2. The third kappa shape index (κ3) is 2.60. The number of anilines is 1. The van der Waals surface area contributed by atoms with Crippen molar-refractivity contribution in [2.24, 2.45) is 0 Å². The van der Waals surface area contributed by atoms with E-state index in [1.807, 2.05) is 0 Å². The Balaban J connectivity index is 2.35. The SMILES string of the molecule is Cc1nc(C(=O)Nc2cc(F)c(F)cc2C(=O)O)no1. The third-order valence-corrected chi connectivity index (χ3v) is 2.27. The Labute approximate surface area is 110 Å². The van der Waals surface area contributed by atoms with E-state index in [0.29, 0.717) is 12.1 Å². The lowest BCUT2D eigenvalue weighted by Gasteiger charge is -2.07. The molecule has 0 saturated carbocycles. The van der Waals surface area contributed by atoms with Crippen LogP contribution in [0.4, 0.5) is 14.5 Å². The minimum absolute atomic E-state index is 0.124. The first-order chi connectivity index (χ1) is 9.38. The summed E-state index contributed by atoms with van der Waals surface area (Å²) < 4.78 is 30.7. The molecule has 1 amide bonds. The minimum atomic E-state index is -1.52. The Kier molecular flexibility index (Phi) is 3.42. The molecule has 0 bridgehead atoms. The fourth-order valence-electron chi connectivity index (χ4n) is 1.40. The highest BCUT2D eigenvalue weighted by Crippen LogP contribution is 2.20. The summed E-state index contributed by atoms with van der Waals surface area (Å²) in [4.78, 5) is 26.2. The van der Waals surface area contributed by atoms with Gasteiger partial charge in [-0.05, 0) is 6.07 Å². The third-order valence-electron chi connectivity index (χ3n) is 2.27. The van der Waals surface area contributed by atoms with Crippen LogP contribution in [0, 0.1) is 18.6 Å². The van der Waals surface area contributed by atoms with E-state index in [1.54, 1.807) is 0 Å². The number of hydrogen-bond acceptors (Lipinski definition) is 5. The van der Waals surface area contributed by atoms with Gasteiger partial charge in [-0.2, -0.15) is 4.98 Å². The Morgan fingerprint density at radius 2 is 1.95 bits per heavy atom. The first-order valence-electron chi connectivity index (χ1n) is 5.22. The van der Waals surface area contributed by atoms with Gasteiger partial charge in [0.2, 0.25) is 5.89 Å². The molecule has 1 aromatic heterocycles. The number of aromatic nitrogens is 2. The predicted octanol–water partition coefficient (Wildman–Crippen LogP) is 1.61. The molecule has 1 heterocycles. The average Bonchev–Trinajstić information content (AvgIpc) is 2.80. The van der Waals surface area contributed by atoms with Crippen LogP contribution < -0.4 is 5.32 Å². The van der Waals surface area contributed by atoms with Crippen molar-refractivity contribution in [3.63, 3.8) is 0 Å². The monoisotopic (exact) mass is 283 g/mol. The van der Waals surface area contributed by atoms with E-state index < -0.39 is 34.8 Å². The number of benzene rings is 1. The number of aromatic carboxylic acids is 1. The lowest BCUT2D eigenvalue weighted by Crippen LogP contribution is -2.17. The summed E-state index contributed by atoms with van der Waals surface area (Å²) >= 11 is 0. The smallest absolute Gasteiger partial charge is 0.337 e. The summed E-state index contributed by atoms with van der Waals surface area (Å²) in [6.45, 7) is 1.45.